The minimum atomic E-state index is -0.383. The van der Waals surface area contributed by atoms with E-state index in [4.69, 9.17) is 4.74 Å². The van der Waals surface area contributed by atoms with Crippen LogP contribution in [0.5, 0.6) is 0 Å². The predicted octanol–water partition coefficient (Wildman–Crippen LogP) is 1.74. The number of aromatic nitrogens is 4. The monoisotopic (exact) mass is 361 g/mol. The Balaban J connectivity index is 1.71. The van der Waals surface area contributed by atoms with Crippen molar-refractivity contribution in [3.05, 3.63) is 41.7 Å². The van der Waals surface area contributed by atoms with E-state index in [-0.39, 0.29) is 18.1 Å². The van der Waals surface area contributed by atoms with Crippen LogP contribution in [0.15, 0.2) is 30.6 Å². The van der Waals surface area contributed by atoms with Crippen molar-refractivity contribution in [3.63, 3.8) is 0 Å². The number of likely N-dealkylation sites (N-methyl/N-ethyl adjacent to an activating group) is 1. The number of ether oxygens (including phenoxy) is 1. The van der Waals surface area contributed by atoms with Gasteiger partial charge in [0.15, 0.2) is 0 Å². The molecule has 1 amide bonds. The molecule has 7 nitrogen and oxygen atoms in total. The highest BCUT2D eigenvalue weighted by atomic mass is 32.2. The van der Waals surface area contributed by atoms with Crippen molar-refractivity contribution < 1.29 is 9.53 Å². The molecule has 1 aliphatic heterocycles. The van der Waals surface area contributed by atoms with Crippen LogP contribution in [-0.4, -0.2) is 63.2 Å². The number of amides is 1. The largest absolute Gasteiger partial charge is 0.371 e. The van der Waals surface area contributed by atoms with Crippen molar-refractivity contribution >= 4 is 17.7 Å². The summed E-state index contributed by atoms with van der Waals surface area (Å²) in [6.07, 6.45) is 5.05. The van der Waals surface area contributed by atoms with Crippen molar-refractivity contribution in [1.82, 2.24) is 25.1 Å². The number of nitrogens with zero attached hydrogens (tertiary/aromatic N) is 5. The zero-order valence-electron chi connectivity index (χ0n) is 14.5. The highest BCUT2D eigenvalue weighted by Gasteiger charge is 2.28. The maximum absolute atomic E-state index is 13.0. The molecule has 2 unspecified atom stereocenters. The number of rotatable bonds is 7. The molecule has 0 spiro atoms. The number of tetrazole rings is 1. The van der Waals surface area contributed by atoms with Gasteiger partial charge in [-0.3, -0.25) is 4.79 Å². The maximum atomic E-state index is 13.0. The zero-order valence-corrected chi connectivity index (χ0v) is 15.4. The van der Waals surface area contributed by atoms with Crippen molar-refractivity contribution in [3.8, 4) is 0 Å². The summed E-state index contributed by atoms with van der Waals surface area (Å²) < 4.78 is 7.48. The molecule has 1 aromatic carbocycles. The molecular formula is C17H23N5O2S. The van der Waals surface area contributed by atoms with Gasteiger partial charge >= 0.3 is 0 Å². The molecule has 0 fully saturated rings. The van der Waals surface area contributed by atoms with Gasteiger partial charge in [-0.05, 0) is 46.4 Å². The third-order valence-electron chi connectivity index (χ3n) is 4.47. The van der Waals surface area contributed by atoms with Crippen LogP contribution in [0.1, 0.15) is 29.7 Å². The fraction of sp³-hybridized carbons (Fsp3) is 0.529. The molecule has 0 saturated carbocycles. The van der Waals surface area contributed by atoms with E-state index in [0.29, 0.717) is 19.6 Å². The van der Waals surface area contributed by atoms with Crippen LogP contribution in [0.3, 0.4) is 0 Å². The molecule has 0 bridgehead atoms. The second kappa shape index (κ2) is 8.44. The summed E-state index contributed by atoms with van der Waals surface area (Å²) in [5, 5.41) is 11.3. The molecule has 3 rings (SSSR count). The summed E-state index contributed by atoms with van der Waals surface area (Å²) in [6.45, 7) is 1.21. The van der Waals surface area contributed by atoms with Gasteiger partial charge in [0.05, 0.1) is 13.2 Å². The lowest BCUT2D eigenvalue weighted by atomic mass is 9.97. The first-order valence-electron chi connectivity index (χ1n) is 8.36. The van der Waals surface area contributed by atoms with E-state index in [9.17, 15) is 4.79 Å². The molecule has 0 aliphatic carbocycles. The summed E-state index contributed by atoms with van der Waals surface area (Å²) in [4.78, 5) is 14.7. The molecule has 134 valence electrons. The van der Waals surface area contributed by atoms with Gasteiger partial charge in [-0.2, -0.15) is 11.8 Å². The fourth-order valence-electron chi connectivity index (χ4n) is 3.13. The lowest BCUT2D eigenvalue weighted by molar-refractivity contribution is -0.136. The molecule has 2 heterocycles. The number of hydrogen-bond donors (Lipinski definition) is 0. The Morgan fingerprint density at radius 2 is 2.32 bits per heavy atom. The van der Waals surface area contributed by atoms with Gasteiger partial charge in [-0.15, -0.1) is 5.10 Å². The molecule has 0 saturated heterocycles. The van der Waals surface area contributed by atoms with Crippen molar-refractivity contribution in [1.29, 1.82) is 0 Å². The SMILES string of the molecule is CSCCC(C(=O)N(C)CC1OCCc2ccccc21)n1cnnn1. The summed E-state index contributed by atoms with van der Waals surface area (Å²) in [5.41, 5.74) is 2.48. The van der Waals surface area contributed by atoms with E-state index in [1.54, 1.807) is 21.3 Å². The first-order valence-corrected chi connectivity index (χ1v) is 9.76. The first-order chi connectivity index (χ1) is 12.2. The number of carbonyl (C=O) groups is 1. The number of fused-ring (bicyclic) bond motifs is 1. The van der Waals surface area contributed by atoms with E-state index in [0.717, 1.165) is 12.2 Å². The van der Waals surface area contributed by atoms with E-state index >= 15 is 0 Å². The Labute approximate surface area is 151 Å². The molecule has 1 aromatic heterocycles. The van der Waals surface area contributed by atoms with Gasteiger partial charge in [-0.25, -0.2) is 4.68 Å². The third-order valence-corrected chi connectivity index (χ3v) is 5.12. The highest BCUT2D eigenvalue weighted by Crippen LogP contribution is 2.28. The van der Waals surface area contributed by atoms with Gasteiger partial charge in [0, 0.05) is 7.05 Å². The topological polar surface area (TPSA) is 73.1 Å². The standard InChI is InChI=1S/C17H23N5O2S/c1-21(11-16-14-6-4-3-5-13(14)7-9-24-16)17(23)15(8-10-25-2)22-12-18-19-20-22/h3-6,12,15-16H,7-11H2,1-2H3. The van der Waals surface area contributed by atoms with E-state index in [2.05, 4.69) is 27.7 Å². The molecule has 2 aromatic rings. The highest BCUT2D eigenvalue weighted by molar-refractivity contribution is 7.98. The minimum Gasteiger partial charge on any atom is -0.371 e. The van der Waals surface area contributed by atoms with Crippen LogP contribution in [0, 0.1) is 0 Å². The van der Waals surface area contributed by atoms with Crippen LogP contribution in [-0.2, 0) is 16.0 Å². The molecule has 1 aliphatic rings. The second-order valence-electron chi connectivity index (χ2n) is 6.11. The Kier molecular flexibility index (Phi) is 6.04. The van der Waals surface area contributed by atoms with Crippen LogP contribution in [0.4, 0.5) is 0 Å². The van der Waals surface area contributed by atoms with Crippen LogP contribution in [0.25, 0.3) is 0 Å². The third kappa shape index (κ3) is 4.19. The fourth-order valence-corrected chi connectivity index (χ4v) is 3.59. The number of hydrogen-bond acceptors (Lipinski definition) is 6. The molecule has 8 heteroatoms. The maximum Gasteiger partial charge on any atom is 0.247 e. The van der Waals surface area contributed by atoms with Crippen molar-refractivity contribution in [2.24, 2.45) is 0 Å². The van der Waals surface area contributed by atoms with E-state index in [1.807, 2.05) is 25.4 Å². The lowest BCUT2D eigenvalue weighted by Gasteiger charge is -2.31. The zero-order chi connectivity index (χ0) is 17.6. The summed E-state index contributed by atoms with van der Waals surface area (Å²) in [5.74, 6) is 0.875. The van der Waals surface area contributed by atoms with Gasteiger partial charge in [0.2, 0.25) is 5.91 Å². The average Bonchev–Trinajstić information content (AvgIpc) is 3.16. The van der Waals surface area contributed by atoms with E-state index < -0.39 is 0 Å². The normalized spacial score (nSPS) is 17.8. The lowest BCUT2D eigenvalue weighted by Crippen LogP contribution is -2.39. The van der Waals surface area contributed by atoms with Crippen molar-refractivity contribution in [2.45, 2.75) is 25.0 Å². The van der Waals surface area contributed by atoms with Gasteiger partial charge in [-0.1, -0.05) is 24.3 Å². The van der Waals surface area contributed by atoms with Gasteiger partial charge in [0.25, 0.3) is 0 Å². The van der Waals surface area contributed by atoms with Crippen LogP contribution < -0.4 is 0 Å². The van der Waals surface area contributed by atoms with E-state index in [1.165, 1.54) is 17.5 Å². The van der Waals surface area contributed by atoms with Gasteiger partial charge < -0.3 is 9.64 Å². The number of benzene rings is 1. The van der Waals surface area contributed by atoms with Crippen LogP contribution in [0.2, 0.25) is 0 Å². The molecule has 25 heavy (non-hydrogen) atoms. The molecule has 0 N–H and O–H groups in total. The summed E-state index contributed by atoms with van der Waals surface area (Å²) in [6, 6.07) is 7.90. The quantitative estimate of drug-likeness (QED) is 0.748. The Morgan fingerprint density at radius 3 is 3.08 bits per heavy atom. The number of carbonyl (C=O) groups excluding carboxylic acids is 1. The summed E-state index contributed by atoms with van der Waals surface area (Å²) in [7, 11) is 1.82. The smallest absolute Gasteiger partial charge is 0.247 e. The van der Waals surface area contributed by atoms with Crippen LogP contribution >= 0.6 is 11.8 Å². The first kappa shape index (κ1) is 17.9. The Bertz CT molecular complexity index is 694. The van der Waals surface area contributed by atoms with Gasteiger partial charge in [0.1, 0.15) is 18.5 Å². The summed E-state index contributed by atoms with van der Waals surface area (Å²) >= 11 is 1.71. The molecular weight excluding hydrogens is 338 g/mol. The number of thioether (sulfide) groups is 1. The minimum absolute atomic E-state index is 0.00741. The average molecular weight is 361 g/mol. The second-order valence-corrected chi connectivity index (χ2v) is 7.10. The predicted molar refractivity (Wildman–Crippen MR) is 96.3 cm³/mol. The van der Waals surface area contributed by atoms with Crippen molar-refractivity contribution in [2.75, 3.05) is 32.2 Å². The molecule has 0 radical (unpaired) electrons. The Hall–Kier alpha value is -1.93. The Morgan fingerprint density at radius 1 is 1.48 bits per heavy atom. The molecule has 2 atom stereocenters.